The van der Waals surface area contributed by atoms with E-state index in [1.807, 2.05) is 24.3 Å². The lowest BCUT2D eigenvalue weighted by Crippen LogP contribution is -2.43. The van der Waals surface area contributed by atoms with Crippen molar-refractivity contribution in [3.63, 3.8) is 0 Å². The molecule has 0 saturated carbocycles. The maximum atomic E-state index is 12.9. The van der Waals surface area contributed by atoms with Crippen LogP contribution in [0.3, 0.4) is 0 Å². The van der Waals surface area contributed by atoms with Crippen LogP contribution in [0.25, 0.3) is 0 Å². The maximum Gasteiger partial charge on any atom is 0.243 e. The quantitative estimate of drug-likeness (QED) is 0.520. The third-order valence-corrected chi connectivity index (χ3v) is 8.27. The third kappa shape index (κ3) is 6.23. The Hall–Kier alpha value is -1.85. The largest absolute Gasteiger partial charge is 0.379 e. The number of halogens is 1. The van der Waals surface area contributed by atoms with E-state index in [0.29, 0.717) is 56.6 Å². The van der Waals surface area contributed by atoms with Gasteiger partial charge in [-0.2, -0.15) is 4.31 Å². The molecule has 2 saturated heterocycles. The topological polar surface area (TPSA) is 88.2 Å². The number of benzene rings is 2. The Kier molecular flexibility index (Phi) is 8.70. The van der Waals surface area contributed by atoms with Crippen molar-refractivity contribution in [2.24, 2.45) is 0 Å². The van der Waals surface area contributed by atoms with Gasteiger partial charge in [-0.3, -0.25) is 9.69 Å². The standard InChI is InChI=1S/C24H30ClN3O5S/c25-21-6-4-19(5-7-21)23(27-8-12-32-13-9-27)17-26-18-24(29)20-2-1-3-22(16-20)34(30,31)28-10-14-33-15-11-28/h1-7,16,23,26H,8-15,17-18H2. The highest BCUT2D eigenvalue weighted by Crippen LogP contribution is 2.23. The van der Waals surface area contributed by atoms with Gasteiger partial charge in [0.2, 0.25) is 10.0 Å². The Balaban J connectivity index is 1.41. The van der Waals surface area contributed by atoms with Gasteiger partial charge in [-0.15, -0.1) is 0 Å². The van der Waals surface area contributed by atoms with Crippen molar-refractivity contribution < 1.29 is 22.7 Å². The van der Waals surface area contributed by atoms with Crippen molar-refractivity contribution in [2.45, 2.75) is 10.9 Å². The Bertz CT molecular complexity index is 1070. The Morgan fingerprint density at radius 1 is 0.971 bits per heavy atom. The fraction of sp³-hybridized carbons (Fsp3) is 0.458. The minimum atomic E-state index is -3.65. The van der Waals surface area contributed by atoms with E-state index in [-0.39, 0.29) is 23.3 Å². The Labute approximate surface area is 205 Å². The van der Waals surface area contributed by atoms with Crippen LogP contribution in [0.15, 0.2) is 53.4 Å². The molecular weight excluding hydrogens is 478 g/mol. The first kappa shape index (κ1) is 25.2. The van der Waals surface area contributed by atoms with Crippen molar-refractivity contribution in [1.82, 2.24) is 14.5 Å². The summed E-state index contributed by atoms with van der Waals surface area (Å²) in [7, 11) is -3.65. The highest BCUT2D eigenvalue weighted by atomic mass is 35.5. The first-order valence-electron chi connectivity index (χ1n) is 11.4. The van der Waals surface area contributed by atoms with Crippen molar-refractivity contribution in [3.05, 3.63) is 64.7 Å². The molecule has 2 heterocycles. The second-order valence-electron chi connectivity index (χ2n) is 8.31. The van der Waals surface area contributed by atoms with Crippen LogP contribution in [-0.4, -0.2) is 89.1 Å². The number of Topliss-reactive ketones (excluding diaryl/α,β-unsaturated/α-hetero) is 1. The van der Waals surface area contributed by atoms with E-state index in [2.05, 4.69) is 10.2 Å². The molecule has 2 fully saturated rings. The Morgan fingerprint density at radius 3 is 2.29 bits per heavy atom. The molecule has 0 amide bonds. The summed E-state index contributed by atoms with van der Waals surface area (Å²) in [4.78, 5) is 15.4. The van der Waals surface area contributed by atoms with Crippen molar-refractivity contribution >= 4 is 27.4 Å². The summed E-state index contributed by atoms with van der Waals surface area (Å²) < 4.78 is 38.0. The van der Waals surface area contributed by atoms with Crippen LogP contribution in [0.2, 0.25) is 5.02 Å². The average Bonchev–Trinajstić information content (AvgIpc) is 2.88. The third-order valence-electron chi connectivity index (χ3n) is 6.13. The monoisotopic (exact) mass is 507 g/mol. The smallest absolute Gasteiger partial charge is 0.243 e. The zero-order chi connectivity index (χ0) is 24.0. The fourth-order valence-corrected chi connectivity index (χ4v) is 5.80. The van der Waals surface area contributed by atoms with Gasteiger partial charge < -0.3 is 14.8 Å². The number of carbonyl (C=O) groups excluding carboxylic acids is 1. The molecule has 0 aromatic heterocycles. The maximum absolute atomic E-state index is 12.9. The van der Waals surface area contributed by atoms with E-state index in [4.69, 9.17) is 21.1 Å². The predicted molar refractivity (Wildman–Crippen MR) is 130 cm³/mol. The molecule has 10 heteroatoms. The number of carbonyl (C=O) groups is 1. The minimum absolute atomic E-state index is 0.0713. The van der Waals surface area contributed by atoms with Gasteiger partial charge in [0.05, 0.1) is 37.9 Å². The number of nitrogens with one attached hydrogen (secondary N) is 1. The number of ketones is 1. The van der Waals surface area contributed by atoms with Crippen LogP contribution in [0.1, 0.15) is 22.0 Å². The number of hydrogen-bond donors (Lipinski definition) is 1. The van der Waals surface area contributed by atoms with Gasteiger partial charge in [0.1, 0.15) is 0 Å². The summed E-state index contributed by atoms with van der Waals surface area (Å²) in [6.07, 6.45) is 0. The van der Waals surface area contributed by atoms with Crippen LogP contribution in [0.5, 0.6) is 0 Å². The molecular formula is C24H30ClN3O5S. The van der Waals surface area contributed by atoms with Crippen molar-refractivity contribution in [2.75, 3.05) is 65.7 Å². The van der Waals surface area contributed by atoms with E-state index in [9.17, 15) is 13.2 Å². The minimum Gasteiger partial charge on any atom is -0.379 e. The number of rotatable bonds is 9. The van der Waals surface area contributed by atoms with Gasteiger partial charge in [-0.05, 0) is 29.8 Å². The molecule has 8 nitrogen and oxygen atoms in total. The lowest BCUT2D eigenvalue weighted by Gasteiger charge is -2.35. The van der Waals surface area contributed by atoms with Gasteiger partial charge in [0.15, 0.2) is 5.78 Å². The molecule has 4 rings (SSSR count). The molecule has 0 radical (unpaired) electrons. The van der Waals surface area contributed by atoms with Crippen molar-refractivity contribution in [3.8, 4) is 0 Å². The van der Waals surface area contributed by atoms with Crippen LogP contribution in [-0.2, 0) is 19.5 Å². The summed E-state index contributed by atoms with van der Waals surface area (Å²) in [5.41, 5.74) is 1.49. The number of nitrogens with zero attached hydrogens (tertiary/aromatic N) is 2. The first-order chi connectivity index (χ1) is 16.4. The summed E-state index contributed by atoms with van der Waals surface area (Å²) in [5, 5.41) is 3.95. The summed E-state index contributed by atoms with van der Waals surface area (Å²) >= 11 is 6.06. The predicted octanol–water partition coefficient (Wildman–Crippen LogP) is 2.21. The SMILES string of the molecule is O=C(CNCC(c1ccc(Cl)cc1)N1CCOCC1)c1cccc(S(=O)(=O)N2CCOCC2)c1. The molecule has 2 aromatic carbocycles. The zero-order valence-electron chi connectivity index (χ0n) is 19.0. The molecule has 0 aliphatic carbocycles. The van der Waals surface area contributed by atoms with Gasteiger partial charge in [0.25, 0.3) is 0 Å². The molecule has 1 atom stereocenters. The van der Waals surface area contributed by atoms with Crippen LogP contribution < -0.4 is 5.32 Å². The highest BCUT2D eigenvalue weighted by molar-refractivity contribution is 7.89. The second kappa shape index (κ2) is 11.7. The molecule has 34 heavy (non-hydrogen) atoms. The number of hydrogen-bond acceptors (Lipinski definition) is 7. The summed E-state index contributed by atoms with van der Waals surface area (Å²) in [5.74, 6) is -0.157. The highest BCUT2D eigenvalue weighted by Gasteiger charge is 2.27. The second-order valence-corrected chi connectivity index (χ2v) is 10.7. The molecule has 0 bridgehead atoms. The molecule has 2 aromatic rings. The van der Waals surface area contributed by atoms with E-state index in [0.717, 1.165) is 18.7 Å². The molecule has 184 valence electrons. The van der Waals surface area contributed by atoms with Crippen LogP contribution in [0, 0.1) is 0 Å². The average molecular weight is 508 g/mol. The van der Waals surface area contributed by atoms with E-state index in [1.165, 1.54) is 16.4 Å². The number of morpholine rings is 2. The lowest BCUT2D eigenvalue weighted by atomic mass is 10.0. The zero-order valence-corrected chi connectivity index (χ0v) is 20.6. The molecule has 1 N–H and O–H groups in total. The molecule has 1 unspecified atom stereocenters. The fourth-order valence-electron chi connectivity index (χ4n) is 4.22. The summed E-state index contributed by atoms with van der Waals surface area (Å²) in [6, 6.07) is 14.1. The molecule has 2 aliphatic rings. The molecule has 0 spiro atoms. The van der Waals surface area contributed by atoms with Crippen LogP contribution in [0.4, 0.5) is 0 Å². The van der Waals surface area contributed by atoms with Gasteiger partial charge in [-0.25, -0.2) is 8.42 Å². The lowest BCUT2D eigenvalue weighted by molar-refractivity contribution is 0.0162. The Morgan fingerprint density at radius 2 is 1.62 bits per heavy atom. The summed E-state index contributed by atoms with van der Waals surface area (Å²) in [6.45, 7) is 5.02. The van der Waals surface area contributed by atoms with Gasteiger partial charge in [0, 0.05) is 49.4 Å². The van der Waals surface area contributed by atoms with Gasteiger partial charge >= 0.3 is 0 Å². The van der Waals surface area contributed by atoms with Crippen LogP contribution >= 0.6 is 11.6 Å². The van der Waals surface area contributed by atoms with E-state index in [1.54, 1.807) is 12.1 Å². The van der Waals surface area contributed by atoms with E-state index < -0.39 is 10.0 Å². The van der Waals surface area contributed by atoms with Gasteiger partial charge in [-0.1, -0.05) is 35.9 Å². The molecule has 2 aliphatic heterocycles. The van der Waals surface area contributed by atoms with E-state index >= 15 is 0 Å². The first-order valence-corrected chi connectivity index (χ1v) is 13.3. The number of sulfonamides is 1. The normalized spacial score (nSPS) is 19.1. The number of ether oxygens (including phenoxy) is 2. The van der Waals surface area contributed by atoms with Crippen molar-refractivity contribution in [1.29, 1.82) is 0 Å².